The van der Waals surface area contributed by atoms with E-state index in [0.29, 0.717) is 11.3 Å². The zero-order valence-corrected chi connectivity index (χ0v) is 13.0. The third kappa shape index (κ3) is 5.03. The van der Waals surface area contributed by atoms with Gasteiger partial charge in [-0.3, -0.25) is 4.79 Å². The quantitative estimate of drug-likeness (QED) is 0.564. The Morgan fingerprint density at radius 2 is 2.13 bits per heavy atom. The van der Waals surface area contributed by atoms with Crippen LogP contribution < -0.4 is 15.5 Å². The van der Waals surface area contributed by atoms with Crippen molar-refractivity contribution in [2.45, 2.75) is 6.92 Å². The van der Waals surface area contributed by atoms with E-state index in [2.05, 4.69) is 15.8 Å². The van der Waals surface area contributed by atoms with Crippen LogP contribution in [-0.4, -0.2) is 30.9 Å². The molecule has 2 aromatic carbocycles. The number of amides is 1. The van der Waals surface area contributed by atoms with Gasteiger partial charge in [0.15, 0.2) is 0 Å². The first kappa shape index (κ1) is 16.4. The van der Waals surface area contributed by atoms with Gasteiger partial charge in [0.1, 0.15) is 11.5 Å². The molecule has 3 N–H and O–H groups in total. The molecule has 0 aromatic heterocycles. The predicted octanol–water partition coefficient (Wildman–Crippen LogP) is 2.27. The Hall–Kier alpha value is -3.02. The van der Waals surface area contributed by atoms with Gasteiger partial charge in [-0.05, 0) is 42.8 Å². The van der Waals surface area contributed by atoms with Crippen molar-refractivity contribution in [2.75, 3.05) is 19.0 Å². The minimum Gasteiger partial charge on any atom is -0.507 e. The Morgan fingerprint density at radius 1 is 1.30 bits per heavy atom. The van der Waals surface area contributed by atoms with Crippen molar-refractivity contribution in [1.29, 1.82) is 0 Å². The number of carbonyl (C=O) groups is 1. The minimum atomic E-state index is -0.287. The van der Waals surface area contributed by atoms with Gasteiger partial charge >= 0.3 is 0 Å². The number of ether oxygens (including phenoxy) is 1. The summed E-state index contributed by atoms with van der Waals surface area (Å²) in [6.45, 7) is 2.08. The topological polar surface area (TPSA) is 83.0 Å². The average molecular weight is 313 g/mol. The number of carbonyl (C=O) groups excluding carboxylic acids is 1. The number of nitrogens with one attached hydrogen (secondary N) is 2. The summed E-state index contributed by atoms with van der Waals surface area (Å²) in [6, 6.07) is 12.5. The van der Waals surface area contributed by atoms with Crippen LogP contribution in [0.15, 0.2) is 47.6 Å². The van der Waals surface area contributed by atoms with Gasteiger partial charge in [-0.25, -0.2) is 5.43 Å². The number of phenols is 1. The second kappa shape index (κ2) is 7.84. The molecule has 2 aromatic rings. The molecule has 0 bridgehead atoms. The molecule has 0 heterocycles. The fourth-order valence-corrected chi connectivity index (χ4v) is 1.91. The van der Waals surface area contributed by atoms with Gasteiger partial charge in [-0.1, -0.05) is 12.1 Å². The molecule has 0 aliphatic rings. The molecule has 120 valence electrons. The fourth-order valence-electron chi connectivity index (χ4n) is 1.91. The van der Waals surface area contributed by atoms with Gasteiger partial charge < -0.3 is 15.2 Å². The fraction of sp³-hybridized carbons (Fsp3) is 0.176. The summed E-state index contributed by atoms with van der Waals surface area (Å²) in [5.41, 5.74) is 4.83. The summed E-state index contributed by atoms with van der Waals surface area (Å²) in [4.78, 5) is 11.7. The van der Waals surface area contributed by atoms with Crippen LogP contribution in [-0.2, 0) is 4.79 Å². The number of anilines is 1. The van der Waals surface area contributed by atoms with E-state index in [-0.39, 0.29) is 18.2 Å². The van der Waals surface area contributed by atoms with Crippen molar-refractivity contribution in [3.05, 3.63) is 53.6 Å². The number of aryl methyl sites for hydroxylation is 1. The first-order valence-corrected chi connectivity index (χ1v) is 7.08. The molecule has 0 saturated heterocycles. The second-order valence-corrected chi connectivity index (χ2v) is 4.94. The summed E-state index contributed by atoms with van der Waals surface area (Å²) >= 11 is 0. The van der Waals surface area contributed by atoms with Crippen molar-refractivity contribution in [1.82, 2.24) is 5.43 Å². The number of aromatic hydroxyl groups is 1. The minimum absolute atomic E-state index is 0.0571. The van der Waals surface area contributed by atoms with E-state index in [9.17, 15) is 9.90 Å². The lowest BCUT2D eigenvalue weighted by atomic mass is 10.2. The monoisotopic (exact) mass is 313 g/mol. The number of hydrazone groups is 1. The maximum atomic E-state index is 11.7. The maximum Gasteiger partial charge on any atom is 0.259 e. The van der Waals surface area contributed by atoms with Crippen LogP contribution in [0.4, 0.5) is 5.69 Å². The molecule has 0 unspecified atom stereocenters. The zero-order chi connectivity index (χ0) is 16.7. The largest absolute Gasteiger partial charge is 0.507 e. The SMILES string of the molecule is COc1ccc(O)c(/C=N/NC(=O)CNc2cccc(C)c2)c1. The number of phenolic OH excluding ortho intramolecular Hbond substituents is 1. The third-order valence-corrected chi connectivity index (χ3v) is 3.10. The predicted molar refractivity (Wildman–Crippen MR) is 90.1 cm³/mol. The molecule has 2 rings (SSSR count). The van der Waals surface area contributed by atoms with E-state index in [1.165, 1.54) is 19.4 Å². The number of benzene rings is 2. The van der Waals surface area contributed by atoms with E-state index in [0.717, 1.165) is 11.3 Å². The Labute approximate surface area is 134 Å². The molecule has 0 aliphatic heterocycles. The molecule has 6 heteroatoms. The van der Waals surface area contributed by atoms with Crippen LogP contribution in [0.2, 0.25) is 0 Å². The normalized spacial score (nSPS) is 10.5. The van der Waals surface area contributed by atoms with Gasteiger partial charge in [0.05, 0.1) is 19.9 Å². The molecule has 0 radical (unpaired) electrons. The van der Waals surface area contributed by atoms with Crippen molar-refractivity contribution in [3.63, 3.8) is 0 Å². The third-order valence-electron chi connectivity index (χ3n) is 3.10. The Balaban J connectivity index is 1.86. The van der Waals surface area contributed by atoms with E-state index in [4.69, 9.17) is 4.74 Å². The average Bonchev–Trinajstić information content (AvgIpc) is 2.55. The highest BCUT2D eigenvalue weighted by Gasteiger charge is 2.02. The van der Waals surface area contributed by atoms with Gasteiger partial charge in [0, 0.05) is 11.3 Å². The molecule has 1 amide bonds. The Bertz CT molecular complexity index is 714. The number of hydrogen-bond donors (Lipinski definition) is 3. The van der Waals surface area contributed by atoms with Gasteiger partial charge in [-0.2, -0.15) is 5.10 Å². The molecule has 6 nitrogen and oxygen atoms in total. The Morgan fingerprint density at radius 3 is 2.87 bits per heavy atom. The first-order chi connectivity index (χ1) is 11.1. The molecule has 0 spiro atoms. The molecule has 0 aliphatic carbocycles. The van der Waals surface area contributed by atoms with Crippen LogP contribution in [0.5, 0.6) is 11.5 Å². The van der Waals surface area contributed by atoms with Gasteiger partial charge in [-0.15, -0.1) is 0 Å². The van der Waals surface area contributed by atoms with Crippen LogP contribution >= 0.6 is 0 Å². The standard InChI is InChI=1S/C17H19N3O3/c1-12-4-3-5-14(8-12)18-11-17(22)20-19-10-13-9-15(23-2)6-7-16(13)21/h3-10,18,21H,11H2,1-2H3,(H,20,22)/b19-10+. The van der Waals surface area contributed by atoms with Crippen LogP contribution in [0.1, 0.15) is 11.1 Å². The van der Waals surface area contributed by atoms with Crippen molar-refractivity contribution >= 4 is 17.8 Å². The molecule has 23 heavy (non-hydrogen) atoms. The zero-order valence-electron chi connectivity index (χ0n) is 13.0. The van der Waals surface area contributed by atoms with Gasteiger partial charge in [0.2, 0.25) is 0 Å². The number of rotatable bonds is 6. The molecule has 0 fully saturated rings. The summed E-state index contributed by atoms with van der Waals surface area (Å²) < 4.78 is 5.06. The smallest absolute Gasteiger partial charge is 0.259 e. The lowest BCUT2D eigenvalue weighted by Crippen LogP contribution is -2.25. The highest BCUT2D eigenvalue weighted by molar-refractivity contribution is 5.86. The van der Waals surface area contributed by atoms with Crippen molar-refractivity contribution < 1.29 is 14.6 Å². The Kier molecular flexibility index (Phi) is 5.57. The first-order valence-electron chi connectivity index (χ1n) is 7.08. The highest BCUT2D eigenvalue weighted by atomic mass is 16.5. The van der Waals surface area contributed by atoms with Gasteiger partial charge in [0.25, 0.3) is 5.91 Å². The lowest BCUT2D eigenvalue weighted by molar-refractivity contribution is -0.119. The molecular formula is C17H19N3O3. The van der Waals surface area contributed by atoms with E-state index in [1.807, 2.05) is 31.2 Å². The maximum absolute atomic E-state index is 11.7. The second-order valence-electron chi connectivity index (χ2n) is 4.94. The van der Waals surface area contributed by atoms with E-state index in [1.54, 1.807) is 12.1 Å². The summed E-state index contributed by atoms with van der Waals surface area (Å²) in [6.07, 6.45) is 1.36. The lowest BCUT2D eigenvalue weighted by Gasteiger charge is -2.06. The summed E-state index contributed by atoms with van der Waals surface area (Å²) in [5.74, 6) is 0.364. The number of hydrogen-bond acceptors (Lipinski definition) is 5. The summed E-state index contributed by atoms with van der Waals surface area (Å²) in [7, 11) is 1.53. The van der Waals surface area contributed by atoms with Crippen LogP contribution in [0.25, 0.3) is 0 Å². The van der Waals surface area contributed by atoms with Crippen molar-refractivity contribution in [2.24, 2.45) is 5.10 Å². The molecule has 0 atom stereocenters. The van der Waals surface area contributed by atoms with Crippen molar-refractivity contribution in [3.8, 4) is 11.5 Å². The molecule has 0 saturated carbocycles. The molecular weight excluding hydrogens is 294 g/mol. The van der Waals surface area contributed by atoms with Crippen LogP contribution in [0, 0.1) is 6.92 Å². The van der Waals surface area contributed by atoms with E-state index < -0.39 is 0 Å². The van der Waals surface area contributed by atoms with Crippen LogP contribution in [0.3, 0.4) is 0 Å². The highest BCUT2D eigenvalue weighted by Crippen LogP contribution is 2.20. The summed E-state index contributed by atoms with van der Waals surface area (Å²) in [5, 5.41) is 16.5. The number of nitrogens with zero attached hydrogens (tertiary/aromatic N) is 1. The van der Waals surface area contributed by atoms with E-state index >= 15 is 0 Å². The number of methoxy groups -OCH3 is 1.